The van der Waals surface area contributed by atoms with Gasteiger partial charge in [0.05, 0.1) is 11.9 Å². The van der Waals surface area contributed by atoms with E-state index in [0.717, 1.165) is 45.7 Å². The first kappa shape index (κ1) is 28.4. The van der Waals surface area contributed by atoms with Gasteiger partial charge in [-0.15, -0.1) is 0 Å². The van der Waals surface area contributed by atoms with Gasteiger partial charge in [-0.1, -0.05) is 56.2 Å². The Labute approximate surface area is 210 Å². The lowest BCUT2D eigenvalue weighted by atomic mass is 10.1. The summed E-state index contributed by atoms with van der Waals surface area (Å²) in [6, 6.07) is 12.5. The Hall–Kier alpha value is -2.87. The average molecular weight is 502 g/mol. The standard InChI is InChI=1S/C27H39N3O4S/c1-7-9-13-28-27(32)25(8-2)29(18-23-12-10-11-20(3)15-23)26(31)19-30(35(6,33)34)24-16-21(4)14-22(5)17-24/h10-12,14-17,25H,7-9,13,18-19H2,1-6H3,(H,28,32). The molecule has 1 N–H and O–H groups in total. The first-order valence-corrected chi connectivity index (χ1v) is 14.0. The van der Waals surface area contributed by atoms with E-state index < -0.39 is 22.0 Å². The molecule has 7 nitrogen and oxygen atoms in total. The molecular weight excluding hydrogens is 462 g/mol. The lowest BCUT2D eigenvalue weighted by Crippen LogP contribution is -2.52. The summed E-state index contributed by atoms with van der Waals surface area (Å²) in [6.45, 7) is 10.0. The van der Waals surface area contributed by atoms with Gasteiger partial charge in [0.15, 0.2) is 0 Å². The van der Waals surface area contributed by atoms with Crippen molar-refractivity contribution in [3.05, 3.63) is 64.7 Å². The summed E-state index contributed by atoms with van der Waals surface area (Å²) in [5, 5.41) is 2.93. The first-order valence-electron chi connectivity index (χ1n) is 12.1. The molecule has 0 aliphatic heterocycles. The molecule has 0 spiro atoms. The van der Waals surface area contributed by atoms with Crippen LogP contribution in [0.25, 0.3) is 0 Å². The van der Waals surface area contributed by atoms with Crippen molar-refractivity contribution in [3.63, 3.8) is 0 Å². The molecule has 2 aromatic carbocycles. The Balaban J connectivity index is 2.43. The molecule has 2 aromatic rings. The average Bonchev–Trinajstić information content (AvgIpc) is 2.76. The van der Waals surface area contributed by atoms with Crippen LogP contribution in [0.2, 0.25) is 0 Å². The number of rotatable bonds is 12. The number of hydrogen-bond acceptors (Lipinski definition) is 4. The Kier molecular flexibility index (Phi) is 10.3. The smallest absolute Gasteiger partial charge is 0.244 e. The highest BCUT2D eigenvalue weighted by Crippen LogP contribution is 2.22. The molecule has 0 aliphatic rings. The van der Waals surface area contributed by atoms with Crippen LogP contribution < -0.4 is 9.62 Å². The second-order valence-electron chi connectivity index (χ2n) is 9.19. The van der Waals surface area contributed by atoms with Gasteiger partial charge < -0.3 is 10.2 Å². The van der Waals surface area contributed by atoms with Crippen LogP contribution in [0.5, 0.6) is 0 Å². The van der Waals surface area contributed by atoms with Crippen LogP contribution in [-0.2, 0) is 26.2 Å². The topological polar surface area (TPSA) is 86.8 Å². The largest absolute Gasteiger partial charge is 0.354 e. The highest BCUT2D eigenvalue weighted by molar-refractivity contribution is 7.92. The fourth-order valence-electron chi connectivity index (χ4n) is 4.14. The minimum atomic E-state index is -3.74. The van der Waals surface area contributed by atoms with Crippen LogP contribution >= 0.6 is 0 Å². The number of carbonyl (C=O) groups is 2. The molecule has 0 saturated heterocycles. The number of unbranched alkanes of at least 4 members (excludes halogenated alkanes) is 1. The molecule has 0 bridgehead atoms. The number of hydrogen-bond donors (Lipinski definition) is 1. The van der Waals surface area contributed by atoms with E-state index in [4.69, 9.17) is 0 Å². The third kappa shape index (κ3) is 8.38. The van der Waals surface area contributed by atoms with Crippen molar-refractivity contribution in [2.24, 2.45) is 0 Å². The predicted molar refractivity (Wildman–Crippen MR) is 142 cm³/mol. The number of anilines is 1. The monoisotopic (exact) mass is 501 g/mol. The fourth-order valence-corrected chi connectivity index (χ4v) is 4.97. The number of amides is 2. The molecule has 8 heteroatoms. The maximum Gasteiger partial charge on any atom is 0.244 e. The molecule has 0 saturated carbocycles. The minimum absolute atomic E-state index is 0.213. The second kappa shape index (κ2) is 12.7. The number of benzene rings is 2. The van der Waals surface area contributed by atoms with Crippen LogP contribution in [0.3, 0.4) is 0 Å². The van der Waals surface area contributed by atoms with Crippen molar-refractivity contribution in [3.8, 4) is 0 Å². The van der Waals surface area contributed by atoms with Crippen molar-refractivity contribution < 1.29 is 18.0 Å². The normalized spacial score (nSPS) is 12.2. The molecule has 0 aromatic heterocycles. The van der Waals surface area contributed by atoms with Gasteiger partial charge in [-0.05, 0) is 62.4 Å². The summed E-state index contributed by atoms with van der Waals surface area (Å²) >= 11 is 0. The number of carbonyl (C=O) groups excluding carboxylic acids is 2. The van der Waals surface area contributed by atoms with Crippen LogP contribution in [0.1, 0.15) is 55.4 Å². The molecule has 2 amide bonds. The molecule has 0 fully saturated rings. The number of nitrogens with one attached hydrogen (secondary N) is 1. The number of sulfonamides is 1. The van der Waals surface area contributed by atoms with Gasteiger partial charge >= 0.3 is 0 Å². The molecular formula is C27H39N3O4S. The molecule has 1 unspecified atom stereocenters. The second-order valence-corrected chi connectivity index (χ2v) is 11.1. The van der Waals surface area contributed by atoms with Gasteiger partial charge in [-0.2, -0.15) is 0 Å². The summed E-state index contributed by atoms with van der Waals surface area (Å²) in [7, 11) is -3.74. The van der Waals surface area contributed by atoms with E-state index in [-0.39, 0.29) is 19.0 Å². The van der Waals surface area contributed by atoms with E-state index in [9.17, 15) is 18.0 Å². The van der Waals surface area contributed by atoms with E-state index in [1.54, 1.807) is 12.1 Å². The van der Waals surface area contributed by atoms with Crippen LogP contribution in [0.15, 0.2) is 42.5 Å². The maximum absolute atomic E-state index is 13.7. The van der Waals surface area contributed by atoms with Gasteiger partial charge in [-0.3, -0.25) is 13.9 Å². The Morgan fingerprint density at radius 3 is 2.17 bits per heavy atom. The third-order valence-corrected chi connectivity index (χ3v) is 6.97. The van der Waals surface area contributed by atoms with Gasteiger partial charge in [0.1, 0.15) is 12.6 Å². The number of nitrogens with zero attached hydrogens (tertiary/aromatic N) is 2. The highest BCUT2D eigenvalue weighted by atomic mass is 32.2. The van der Waals surface area contributed by atoms with Crippen molar-refractivity contribution in [1.82, 2.24) is 10.2 Å². The summed E-state index contributed by atoms with van der Waals surface area (Å²) < 4.78 is 26.6. The molecule has 0 radical (unpaired) electrons. The van der Waals surface area contributed by atoms with Gasteiger partial charge in [-0.25, -0.2) is 8.42 Å². The van der Waals surface area contributed by atoms with E-state index in [1.165, 1.54) is 4.90 Å². The van der Waals surface area contributed by atoms with Crippen LogP contribution in [-0.4, -0.2) is 50.5 Å². The molecule has 0 aliphatic carbocycles. The van der Waals surface area contributed by atoms with Crippen LogP contribution in [0.4, 0.5) is 5.69 Å². The Morgan fingerprint density at radius 2 is 1.63 bits per heavy atom. The van der Waals surface area contributed by atoms with Gasteiger partial charge in [0.25, 0.3) is 0 Å². The van der Waals surface area contributed by atoms with Crippen molar-refractivity contribution >= 4 is 27.5 Å². The third-order valence-electron chi connectivity index (χ3n) is 5.82. The quantitative estimate of drug-likeness (QED) is 0.444. The molecule has 1 atom stereocenters. The van der Waals surface area contributed by atoms with E-state index >= 15 is 0 Å². The zero-order valence-electron chi connectivity index (χ0n) is 21.8. The maximum atomic E-state index is 13.7. The summed E-state index contributed by atoms with van der Waals surface area (Å²) in [4.78, 5) is 28.3. The van der Waals surface area contributed by atoms with Crippen molar-refractivity contribution in [2.45, 2.75) is 66.5 Å². The Bertz CT molecular complexity index is 1110. The molecule has 192 valence electrons. The van der Waals surface area contributed by atoms with Crippen molar-refractivity contribution in [2.75, 3.05) is 23.7 Å². The van der Waals surface area contributed by atoms with E-state index in [2.05, 4.69) is 5.32 Å². The summed E-state index contributed by atoms with van der Waals surface area (Å²) in [5.74, 6) is -0.646. The van der Waals surface area contributed by atoms with Crippen LogP contribution in [0, 0.1) is 20.8 Å². The molecule has 2 rings (SSSR count). The lowest BCUT2D eigenvalue weighted by molar-refractivity contribution is -0.140. The SMILES string of the molecule is CCCCNC(=O)C(CC)N(Cc1cccc(C)c1)C(=O)CN(c1cc(C)cc(C)c1)S(C)(=O)=O. The first-order chi connectivity index (χ1) is 16.5. The number of aryl methyl sites for hydroxylation is 3. The Morgan fingerprint density at radius 1 is 0.971 bits per heavy atom. The highest BCUT2D eigenvalue weighted by Gasteiger charge is 2.31. The molecule has 35 heavy (non-hydrogen) atoms. The zero-order chi connectivity index (χ0) is 26.2. The van der Waals surface area contributed by atoms with E-state index in [0.29, 0.717) is 18.7 Å². The van der Waals surface area contributed by atoms with Crippen molar-refractivity contribution in [1.29, 1.82) is 0 Å². The van der Waals surface area contributed by atoms with E-state index in [1.807, 2.05) is 65.0 Å². The fraction of sp³-hybridized carbons (Fsp3) is 0.481. The van der Waals surface area contributed by atoms with Gasteiger partial charge in [0, 0.05) is 13.1 Å². The summed E-state index contributed by atoms with van der Waals surface area (Å²) in [5.41, 5.74) is 4.17. The van der Waals surface area contributed by atoms with Gasteiger partial charge in [0.2, 0.25) is 21.8 Å². The zero-order valence-corrected chi connectivity index (χ0v) is 22.6. The predicted octanol–water partition coefficient (Wildman–Crippen LogP) is 4.10. The summed E-state index contributed by atoms with van der Waals surface area (Å²) in [6.07, 6.45) is 3.31. The minimum Gasteiger partial charge on any atom is -0.354 e. The molecule has 0 heterocycles. The lowest BCUT2D eigenvalue weighted by Gasteiger charge is -2.33.